The van der Waals surface area contributed by atoms with Crippen LogP contribution in [0, 0.1) is 5.92 Å². The van der Waals surface area contributed by atoms with Crippen LogP contribution in [-0.4, -0.2) is 52.3 Å². The Bertz CT molecular complexity index is 473. The number of halogens is 3. The Labute approximate surface area is 148 Å². The quantitative estimate of drug-likeness (QED) is 0.445. The van der Waals surface area contributed by atoms with Crippen molar-refractivity contribution in [3.8, 4) is 0 Å². The molecular formula is C14H24F3N3O4S. The van der Waals surface area contributed by atoms with Crippen LogP contribution in [-0.2, 0) is 14.4 Å². The van der Waals surface area contributed by atoms with Crippen molar-refractivity contribution >= 4 is 29.5 Å². The average Bonchev–Trinajstić information content (AvgIpc) is 2.43. The molecule has 0 aromatic heterocycles. The first-order chi connectivity index (χ1) is 11.3. The summed E-state index contributed by atoms with van der Waals surface area (Å²) in [5.41, 5.74) is 0.910. The lowest BCUT2D eigenvalue weighted by molar-refractivity contribution is -0.142. The number of alkyl halides is 3. The van der Waals surface area contributed by atoms with Gasteiger partial charge < -0.3 is 21.5 Å². The molecule has 25 heavy (non-hydrogen) atoms. The van der Waals surface area contributed by atoms with E-state index in [2.05, 4.69) is 10.6 Å². The van der Waals surface area contributed by atoms with Gasteiger partial charge in [0, 0.05) is 5.75 Å². The van der Waals surface area contributed by atoms with Crippen molar-refractivity contribution in [2.24, 2.45) is 11.7 Å². The van der Waals surface area contributed by atoms with E-state index in [9.17, 15) is 27.6 Å². The zero-order valence-corrected chi connectivity index (χ0v) is 15.0. The fraction of sp³-hybridized carbons (Fsp3) is 0.786. The lowest BCUT2D eigenvalue weighted by atomic mass is 10.0. The van der Waals surface area contributed by atoms with Gasteiger partial charge in [-0.25, -0.2) is 4.79 Å². The van der Waals surface area contributed by atoms with Crippen molar-refractivity contribution in [2.45, 2.75) is 57.2 Å². The van der Waals surface area contributed by atoms with Gasteiger partial charge in [-0.15, -0.1) is 0 Å². The molecule has 146 valence electrons. The highest BCUT2D eigenvalue weighted by Gasteiger charge is 2.31. The molecule has 0 bridgehead atoms. The molecule has 0 unspecified atom stereocenters. The smallest absolute Gasteiger partial charge is 0.441 e. The predicted molar refractivity (Wildman–Crippen MR) is 87.7 cm³/mol. The Kier molecular flexibility index (Phi) is 9.86. The summed E-state index contributed by atoms with van der Waals surface area (Å²) >= 11 is -0.328. The fourth-order valence-corrected chi connectivity index (χ4v) is 2.41. The Balaban J connectivity index is 4.99. The molecule has 5 N–H and O–H groups in total. The second-order valence-corrected chi connectivity index (χ2v) is 7.12. The molecule has 0 aromatic carbocycles. The molecule has 0 aliphatic carbocycles. The first-order valence-corrected chi connectivity index (χ1v) is 8.61. The van der Waals surface area contributed by atoms with Gasteiger partial charge >= 0.3 is 11.5 Å². The van der Waals surface area contributed by atoms with E-state index in [0.717, 1.165) is 0 Å². The zero-order valence-electron chi connectivity index (χ0n) is 14.2. The van der Waals surface area contributed by atoms with E-state index in [1.165, 1.54) is 6.92 Å². The van der Waals surface area contributed by atoms with E-state index >= 15 is 0 Å². The zero-order chi connectivity index (χ0) is 19.8. The number of aliphatic carboxylic acids is 1. The molecule has 0 spiro atoms. The third-order valence-electron chi connectivity index (χ3n) is 3.04. The van der Waals surface area contributed by atoms with E-state index in [0.29, 0.717) is 0 Å². The highest BCUT2D eigenvalue weighted by molar-refractivity contribution is 8.00. The minimum Gasteiger partial charge on any atom is -0.480 e. The summed E-state index contributed by atoms with van der Waals surface area (Å²) in [5.74, 6) is -3.33. The molecule has 0 aliphatic heterocycles. The van der Waals surface area contributed by atoms with Crippen LogP contribution in [0.3, 0.4) is 0 Å². The summed E-state index contributed by atoms with van der Waals surface area (Å²) in [6.07, 6.45) is -0.172. The van der Waals surface area contributed by atoms with E-state index in [1.54, 1.807) is 13.8 Å². The van der Waals surface area contributed by atoms with Gasteiger partial charge in [-0.05, 0) is 25.7 Å². The topological polar surface area (TPSA) is 122 Å². The molecule has 0 fully saturated rings. The summed E-state index contributed by atoms with van der Waals surface area (Å²) in [4.78, 5) is 35.1. The number of nitrogens with two attached hydrogens (primary N) is 1. The van der Waals surface area contributed by atoms with Crippen LogP contribution in [0.4, 0.5) is 13.2 Å². The summed E-state index contributed by atoms with van der Waals surface area (Å²) in [5, 5.41) is 13.6. The number of hydrogen-bond donors (Lipinski definition) is 4. The Morgan fingerprint density at radius 3 is 2.00 bits per heavy atom. The number of carboxylic acids is 1. The fourth-order valence-electron chi connectivity index (χ4n) is 1.83. The highest BCUT2D eigenvalue weighted by atomic mass is 32.2. The van der Waals surface area contributed by atoms with Crippen LogP contribution in [0.2, 0.25) is 0 Å². The van der Waals surface area contributed by atoms with Gasteiger partial charge in [0.1, 0.15) is 12.1 Å². The van der Waals surface area contributed by atoms with Gasteiger partial charge in [0.15, 0.2) is 0 Å². The number of carbonyl (C=O) groups is 3. The molecule has 0 rings (SSSR count). The molecular weight excluding hydrogens is 363 g/mol. The van der Waals surface area contributed by atoms with Crippen molar-refractivity contribution in [2.75, 3.05) is 5.75 Å². The van der Waals surface area contributed by atoms with Gasteiger partial charge in [-0.1, -0.05) is 25.6 Å². The van der Waals surface area contributed by atoms with Crippen LogP contribution >= 0.6 is 11.8 Å². The largest absolute Gasteiger partial charge is 0.480 e. The molecule has 3 atom stereocenters. The molecule has 7 nitrogen and oxygen atoms in total. The van der Waals surface area contributed by atoms with Gasteiger partial charge in [-0.3, -0.25) is 9.59 Å². The predicted octanol–water partition coefficient (Wildman–Crippen LogP) is 1.08. The third kappa shape index (κ3) is 10.9. The first kappa shape index (κ1) is 23.5. The van der Waals surface area contributed by atoms with Crippen molar-refractivity contribution in [3.05, 3.63) is 0 Å². The molecule has 2 amide bonds. The highest BCUT2D eigenvalue weighted by Crippen LogP contribution is 2.30. The van der Waals surface area contributed by atoms with E-state index in [1.807, 2.05) is 0 Å². The molecule has 0 saturated heterocycles. The van der Waals surface area contributed by atoms with Gasteiger partial charge in [0.05, 0.1) is 6.04 Å². The number of amides is 2. The maximum absolute atomic E-state index is 12.2. The summed E-state index contributed by atoms with van der Waals surface area (Å²) in [7, 11) is 0. The molecule has 11 heteroatoms. The van der Waals surface area contributed by atoms with Crippen LogP contribution in [0.5, 0.6) is 0 Å². The molecule has 0 saturated carbocycles. The van der Waals surface area contributed by atoms with Gasteiger partial charge in [0.25, 0.3) is 0 Å². The standard InChI is InChI=1S/C14H24F3N3O4S/c1-7(2)6-10(13(23)24)20-12(22)9(19-11(21)8(3)18)4-5-25-14(15,16)17/h7-10H,4-6,18H2,1-3H3,(H,19,21)(H,20,22)(H,23,24)/t8-,9-,10-/m0/s1. The monoisotopic (exact) mass is 387 g/mol. The van der Waals surface area contributed by atoms with Crippen molar-refractivity contribution in [1.29, 1.82) is 0 Å². The molecule has 0 radical (unpaired) electrons. The molecule has 0 heterocycles. The Morgan fingerprint density at radius 2 is 1.60 bits per heavy atom. The summed E-state index contributed by atoms with van der Waals surface area (Å²) in [6.45, 7) is 4.88. The maximum Gasteiger partial charge on any atom is 0.441 e. The van der Waals surface area contributed by atoms with E-state index in [-0.39, 0.29) is 30.5 Å². The number of rotatable bonds is 10. The third-order valence-corrected chi connectivity index (χ3v) is 3.81. The number of thioether (sulfide) groups is 1. The molecule has 0 aromatic rings. The van der Waals surface area contributed by atoms with E-state index in [4.69, 9.17) is 10.8 Å². The van der Waals surface area contributed by atoms with Crippen molar-refractivity contribution in [1.82, 2.24) is 10.6 Å². The number of carboxylic acid groups (broad SMARTS) is 1. The van der Waals surface area contributed by atoms with Crippen LogP contribution in [0.25, 0.3) is 0 Å². The minimum atomic E-state index is -4.46. The van der Waals surface area contributed by atoms with Crippen LogP contribution < -0.4 is 16.4 Å². The lowest BCUT2D eigenvalue weighted by Gasteiger charge is -2.23. The SMILES string of the molecule is CC(C)C[C@H](NC(=O)[C@H](CCSC(F)(F)F)NC(=O)[C@H](C)N)C(=O)O. The van der Waals surface area contributed by atoms with Gasteiger partial charge in [0.2, 0.25) is 11.8 Å². The normalized spacial score (nSPS) is 15.4. The lowest BCUT2D eigenvalue weighted by Crippen LogP contribution is -2.54. The first-order valence-electron chi connectivity index (χ1n) is 7.63. The van der Waals surface area contributed by atoms with E-state index < -0.39 is 47.2 Å². The maximum atomic E-state index is 12.2. The summed E-state index contributed by atoms with van der Waals surface area (Å²) in [6, 6.07) is -3.46. The number of hydrogen-bond acceptors (Lipinski definition) is 5. The van der Waals surface area contributed by atoms with Gasteiger partial charge in [-0.2, -0.15) is 13.2 Å². The number of carbonyl (C=O) groups excluding carboxylic acids is 2. The average molecular weight is 387 g/mol. The van der Waals surface area contributed by atoms with Crippen LogP contribution in [0.15, 0.2) is 0 Å². The Hall–Kier alpha value is -1.49. The van der Waals surface area contributed by atoms with Crippen molar-refractivity contribution in [3.63, 3.8) is 0 Å². The minimum absolute atomic E-state index is 0.0284. The summed E-state index contributed by atoms with van der Waals surface area (Å²) < 4.78 is 36.7. The molecule has 0 aliphatic rings. The number of nitrogens with one attached hydrogen (secondary N) is 2. The van der Waals surface area contributed by atoms with Crippen molar-refractivity contribution < 1.29 is 32.7 Å². The second-order valence-electron chi connectivity index (χ2n) is 5.96. The Morgan fingerprint density at radius 1 is 1.08 bits per heavy atom. The van der Waals surface area contributed by atoms with Crippen LogP contribution in [0.1, 0.15) is 33.6 Å². The second kappa shape index (κ2) is 10.5.